The SMILES string of the molecule is CCOc1cc(C#N)cc(Br)c1OC(=O)CCc1c(C)nc2c(cnn2C(C)C)c1C. The predicted octanol–water partition coefficient (Wildman–Crippen LogP) is 5.20. The summed E-state index contributed by atoms with van der Waals surface area (Å²) in [6.45, 7) is 10.3. The van der Waals surface area contributed by atoms with Gasteiger partial charge in [-0.2, -0.15) is 10.4 Å². The summed E-state index contributed by atoms with van der Waals surface area (Å²) in [6.07, 6.45) is 2.52. The number of halogens is 1. The van der Waals surface area contributed by atoms with E-state index in [1.54, 1.807) is 12.1 Å². The Hall–Kier alpha value is -2.92. The van der Waals surface area contributed by atoms with Gasteiger partial charge in [0.15, 0.2) is 17.1 Å². The topological polar surface area (TPSA) is 90.0 Å². The van der Waals surface area contributed by atoms with Crippen molar-refractivity contribution in [3.05, 3.63) is 45.2 Å². The Morgan fingerprint density at radius 3 is 2.71 bits per heavy atom. The molecule has 0 aliphatic carbocycles. The second-order valence-corrected chi connectivity index (χ2v) is 8.38. The number of pyridine rings is 1. The van der Waals surface area contributed by atoms with Gasteiger partial charge < -0.3 is 9.47 Å². The van der Waals surface area contributed by atoms with Crippen LogP contribution in [-0.2, 0) is 11.2 Å². The van der Waals surface area contributed by atoms with Gasteiger partial charge in [-0.25, -0.2) is 9.67 Å². The summed E-state index contributed by atoms with van der Waals surface area (Å²) in [5.74, 6) is 0.257. The molecule has 162 valence electrons. The Labute approximate surface area is 190 Å². The van der Waals surface area contributed by atoms with Gasteiger partial charge in [0, 0.05) is 23.2 Å². The van der Waals surface area contributed by atoms with E-state index in [1.165, 1.54) is 0 Å². The number of carbonyl (C=O) groups is 1. The average molecular weight is 485 g/mol. The van der Waals surface area contributed by atoms with E-state index >= 15 is 0 Å². The predicted molar refractivity (Wildman–Crippen MR) is 121 cm³/mol. The summed E-state index contributed by atoms with van der Waals surface area (Å²) in [6, 6.07) is 5.45. The molecule has 0 amide bonds. The fraction of sp³-hybridized carbons (Fsp3) is 0.391. The highest BCUT2D eigenvalue weighted by molar-refractivity contribution is 9.10. The van der Waals surface area contributed by atoms with E-state index in [0.29, 0.717) is 28.8 Å². The number of aryl methyl sites for hydroxylation is 2. The molecule has 0 unspecified atom stereocenters. The molecule has 0 spiro atoms. The molecule has 0 fully saturated rings. The molecule has 3 aromatic rings. The van der Waals surface area contributed by atoms with E-state index in [9.17, 15) is 4.79 Å². The standard InChI is InChI=1S/C23H25BrN4O3/c1-6-30-20-10-16(11-25)9-19(24)22(20)31-21(29)8-7-17-14(4)18-12-26-28(13(2)3)23(18)27-15(17)5/h9-10,12-13H,6-8H2,1-5H3. The van der Waals surface area contributed by atoms with Gasteiger partial charge in [-0.15, -0.1) is 0 Å². The normalized spacial score (nSPS) is 11.0. The van der Waals surface area contributed by atoms with E-state index in [2.05, 4.69) is 40.9 Å². The maximum absolute atomic E-state index is 12.6. The molecular formula is C23H25BrN4O3. The van der Waals surface area contributed by atoms with Gasteiger partial charge in [-0.1, -0.05) is 0 Å². The molecule has 0 aliphatic heterocycles. The molecule has 8 heteroatoms. The second-order valence-electron chi connectivity index (χ2n) is 7.53. The monoisotopic (exact) mass is 484 g/mol. The van der Waals surface area contributed by atoms with Crippen LogP contribution in [0.3, 0.4) is 0 Å². The van der Waals surface area contributed by atoms with Crippen molar-refractivity contribution in [3.63, 3.8) is 0 Å². The minimum absolute atomic E-state index is 0.186. The van der Waals surface area contributed by atoms with Gasteiger partial charge in [-0.05, 0) is 74.2 Å². The molecule has 0 saturated carbocycles. The Balaban J connectivity index is 1.81. The van der Waals surface area contributed by atoms with Crippen molar-refractivity contribution in [2.45, 2.75) is 53.5 Å². The van der Waals surface area contributed by atoms with Crippen molar-refractivity contribution >= 4 is 32.9 Å². The molecule has 2 aromatic heterocycles. The van der Waals surface area contributed by atoms with Gasteiger partial charge in [0.25, 0.3) is 0 Å². The van der Waals surface area contributed by atoms with Gasteiger partial charge in [-0.3, -0.25) is 4.79 Å². The molecule has 0 aliphatic rings. The molecule has 0 radical (unpaired) electrons. The Kier molecular flexibility index (Phi) is 6.96. The van der Waals surface area contributed by atoms with Gasteiger partial charge in [0.05, 0.1) is 35.3 Å². The lowest BCUT2D eigenvalue weighted by molar-refractivity contribution is -0.134. The quantitative estimate of drug-likeness (QED) is 0.338. The maximum Gasteiger partial charge on any atom is 0.311 e. The number of ether oxygens (including phenoxy) is 2. The summed E-state index contributed by atoms with van der Waals surface area (Å²) < 4.78 is 13.6. The van der Waals surface area contributed by atoms with Crippen molar-refractivity contribution in [2.24, 2.45) is 0 Å². The largest absolute Gasteiger partial charge is 0.490 e. The van der Waals surface area contributed by atoms with Crippen LogP contribution in [-0.4, -0.2) is 27.3 Å². The van der Waals surface area contributed by atoms with E-state index in [-0.39, 0.29) is 24.2 Å². The minimum atomic E-state index is -0.386. The smallest absolute Gasteiger partial charge is 0.311 e. The molecule has 0 saturated heterocycles. The highest BCUT2D eigenvalue weighted by Gasteiger charge is 2.19. The first-order valence-corrected chi connectivity index (χ1v) is 11.0. The summed E-state index contributed by atoms with van der Waals surface area (Å²) >= 11 is 3.37. The van der Waals surface area contributed by atoms with Gasteiger partial charge in [0.1, 0.15) is 0 Å². The third-order valence-electron chi connectivity index (χ3n) is 5.06. The zero-order valence-electron chi connectivity index (χ0n) is 18.3. The van der Waals surface area contributed by atoms with Crippen molar-refractivity contribution in [1.29, 1.82) is 5.26 Å². The summed E-state index contributed by atoms with van der Waals surface area (Å²) in [4.78, 5) is 17.4. The van der Waals surface area contributed by atoms with Crippen molar-refractivity contribution in [1.82, 2.24) is 14.8 Å². The van der Waals surface area contributed by atoms with Crippen molar-refractivity contribution in [2.75, 3.05) is 6.61 Å². The number of carbonyl (C=O) groups excluding carboxylic acids is 1. The van der Waals surface area contributed by atoms with Crippen molar-refractivity contribution in [3.8, 4) is 17.6 Å². The Morgan fingerprint density at radius 1 is 1.32 bits per heavy atom. The number of aromatic nitrogens is 3. The molecule has 7 nitrogen and oxygen atoms in total. The summed E-state index contributed by atoms with van der Waals surface area (Å²) in [5, 5.41) is 14.6. The van der Waals surface area contributed by atoms with Crippen LogP contribution in [0, 0.1) is 25.2 Å². The molecule has 0 atom stereocenters. The fourth-order valence-corrected chi connectivity index (χ4v) is 4.05. The first kappa shape index (κ1) is 22.8. The highest BCUT2D eigenvalue weighted by Crippen LogP contribution is 2.37. The van der Waals surface area contributed by atoms with E-state index in [1.807, 2.05) is 31.6 Å². The van der Waals surface area contributed by atoms with Crippen LogP contribution in [0.1, 0.15) is 55.6 Å². The molecule has 0 bridgehead atoms. The van der Waals surface area contributed by atoms with Crippen LogP contribution in [0.2, 0.25) is 0 Å². The fourth-order valence-electron chi connectivity index (χ4n) is 3.52. The van der Waals surface area contributed by atoms with E-state index in [0.717, 1.165) is 27.9 Å². The van der Waals surface area contributed by atoms with Gasteiger partial charge in [0.2, 0.25) is 0 Å². The molecule has 31 heavy (non-hydrogen) atoms. The summed E-state index contributed by atoms with van der Waals surface area (Å²) in [5.41, 5.74) is 4.27. The number of benzene rings is 1. The van der Waals surface area contributed by atoms with Crippen LogP contribution in [0.5, 0.6) is 11.5 Å². The zero-order chi connectivity index (χ0) is 22.7. The Morgan fingerprint density at radius 2 is 2.06 bits per heavy atom. The third-order valence-corrected chi connectivity index (χ3v) is 5.65. The van der Waals surface area contributed by atoms with E-state index < -0.39 is 0 Å². The first-order valence-electron chi connectivity index (χ1n) is 10.2. The van der Waals surface area contributed by atoms with Gasteiger partial charge >= 0.3 is 5.97 Å². The lowest BCUT2D eigenvalue weighted by Gasteiger charge is -2.14. The molecule has 2 heterocycles. The molecule has 0 N–H and O–H groups in total. The number of hydrogen-bond donors (Lipinski definition) is 0. The van der Waals surface area contributed by atoms with Crippen LogP contribution in [0.15, 0.2) is 22.8 Å². The first-order chi connectivity index (χ1) is 14.8. The van der Waals surface area contributed by atoms with Crippen LogP contribution < -0.4 is 9.47 Å². The lowest BCUT2D eigenvalue weighted by atomic mass is 10.0. The third kappa shape index (κ3) is 4.72. The van der Waals surface area contributed by atoms with Crippen LogP contribution >= 0.6 is 15.9 Å². The number of esters is 1. The minimum Gasteiger partial charge on any atom is -0.490 e. The van der Waals surface area contributed by atoms with Crippen LogP contribution in [0.25, 0.3) is 11.0 Å². The molecular weight excluding hydrogens is 460 g/mol. The van der Waals surface area contributed by atoms with Crippen molar-refractivity contribution < 1.29 is 14.3 Å². The lowest BCUT2D eigenvalue weighted by Crippen LogP contribution is -2.12. The molecule has 1 aromatic carbocycles. The number of nitrogens with zero attached hydrogens (tertiary/aromatic N) is 4. The van der Waals surface area contributed by atoms with E-state index in [4.69, 9.17) is 19.7 Å². The number of fused-ring (bicyclic) bond motifs is 1. The highest BCUT2D eigenvalue weighted by atomic mass is 79.9. The van der Waals surface area contributed by atoms with Crippen LogP contribution in [0.4, 0.5) is 0 Å². The Bertz CT molecular complexity index is 1180. The second kappa shape index (κ2) is 9.48. The zero-order valence-corrected chi connectivity index (χ0v) is 19.9. The molecule has 3 rings (SSSR count). The summed E-state index contributed by atoms with van der Waals surface area (Å²) in [7, 11) is 0. The number of rotatable bonds is 7. The number of nitriles is 1. The maximum atomic E-state index is 12.6. The number of hydrogen-bond acceptors (Lipinski definition) is 6. The average Bonchev–Trinajstić information content (AvgIpc) is 3.14.